The Morgan fingerprint density at radius 3 is 2.71 bits per heavy atom. The van der Waals surface area contributed by atoms with E-state index in [2.05, 4.69) is 5.32 Å². The Balaban J connectivity index is 1.65. The SMILES string of the molecule is O=C(O)c1ccccc1CC(=O)N1CSCC1C(=O)NCC1CC1. The van der Waals surface area contributed by atoms with Crippen LogP contribution in [-0.4, -0.2) is 52.0 Å². The fourth-order valence-electron chi connectivity index (χ4n) is 2.74. The Morgan fingerprint density at radius 2 is 2.00 bits per heavy atom. The molecular weight excluding hydrogens is 328 g/mol. The molecule has 2 fully saturated rings. The second kappa shape index (κ2) is 7.25. The Bertz CT molecular complexity index is 660. The summed E-state index contributed by atoms with van der Waals surface area (Å²) in [4.78, 5) is 37.7. The summed E-state index contributed by atoms with van der Waals surface area (Å²) in [5, 5.41) is 12.1. The van der Waals surface area contributed by atoms with E-state index in [1.54, 1.807) is 34.9 Å². The van der Waals surface area contributed by atoms with E-state index >= 15 is 0 Å². The van der Waals surface area contributed by atoms with Crippen LogP contribution in [0.3, 0.4) is 0 Å². The maximum Gasteiger partial charge on any atom is 0.335 e. The molecular formula is C17H20N2O4S. The molecule has 1 unspecified atom stereocenters. The van der Waals surface area contributed by atoms with Gasteiger partial charge in [0.1, 0.15) is 6.04 Å². The summed E-state index contributed by atoms with van der Waals surface area (Å²) in [7, 11) is 0. The summed E-state index contributed by atoms with van der Waals surface area (Å²) in [6, 6.07) is 6.03. The molecule has 0 radical (unpaired) electrons. The molecule has 1 saturated carbocycles. The second-order valence-electron chi connectivity index (χ2n) is 6.21. The number of hydrogen-bond acceptors (Lipinski definition) is 4. The van der Waals surface area contributed by atoms with Gasteiger partial charge >= 0.3 is 5.97 Å². The van der Waals surface area contributed by atoms with Crippen molar-refractivity contribution < 1.29 is 19.5 Å². The minimum absolute atomic E-state index is 0.00453. The van der Waals surface area contributed by atoms with E-state index in [0.29, 0.717) is 29.7 Å². The molecule has 1 atom stereocenters. The van der Waals surface area contributed by atoms with Gasteiger partial charge in [-0.15, -0.1) is 11.8 Å². The van der Waals surface area contributed by atoms with E-state index in [9.17, 15) is 19.5 Å². The van der Waals surface area contributed by atoms with Crippen molar-refractivity contribution in [3.63, 3.8) is 0 Å². The molecule has 1 aliphatic heterocycles. The zero-order chi connectivity index (χ0) is 17.1. The summed E-state index contributed by atoms with van der Waals surface area (Å²) >= 11 is 1.55. The van der Waals surface area contributed by atoms with Crippen LogP contribution >= 0.6 is 11.8 Å². The number of carboxylic acid groups (broad SMARTS) is 1. The van der Waals surface area contributed by atoms with Gasteiger partial charge in [-0.1, -0.05) is 18.2 Å². The third kappa shape index (κ3) is 3.90. The van der Waals surface area contributed by atoms with Crippen LogP contribution in [0.1, 0.15) is 28.8 Å². The van der Waals surface area contributed by atoms with Gasteiger partial charge in [0, 0.05) is 12.3 Å². The maximum absolute atomic E-state index is 12.6. The highest BCUT2D eigenvalue weighted by Crippen LogP contribution is 2.28. The molecule has 1 aliphatic carbocycles. The highest BCUT2D eigenvalue weighted by molar-refractivity contribution is 7.99. The van der Waals surface area contributed by atoms with Crippen molar-refractivity contribution in [3.05, 3.63) is 35.4 Å². The predicted molar refractivity (Wildman–Crippen MR) is 90.8 cm³/mol. The van der Waals surface area contributed by atoms with Gasteiger partial charge in [-0.25, -0.2) is 4.79 Å². The summed E-state index contributed by atoms with van der Waals surface area (Å²) in [5.74, 6) is 0.285. The van der Waals surface area contributed by atoms with E-state index in [1.807, 2.05) is 0 Å². The number of nitrogens with zero attached hydrogens (tertiary/aromatic N) is 1. The first kappa shape index (κ1) is 16.8. The molecule has 2 amide bonds. The van der Waals surface area contributed by atoms with Crippen LogP contribution in [-0.2, 0) is 16.0 Å². The average Bonchev–Trinajstić information content (AvgIpc) is 3.26. The quantitative estimate of drug-likeness (QED) is 0.810. The lowest BCUT2D eigenvalue weighted by Crippen LogP contribution is -2.48. The van der Waals surface area contributed by atoms with Crippen molar-refractivity contribution in [3.8, 4) is 0 Å². The number of carbonyl (C=O) groups is 3. The molecule has 6 nitrogen and oxygen atoms in total. The topological polar surface area (TPSA) is 86.7 Å². The molecule has 1 saturated heterocycles. The minimum atomic E-state index is -1.05. The van der Waals surface area contributed by atoms with Crippen LogP contribution in [0.15, 0.2) is 24.3 Å². The Kier molecular flexibility index (Phi) is 5.08. The molecule has 0 spiro atoms. The molecule has 0 bridgehead atoms. The highest BCUT2D eigenvalue weighted by Gasteiger charge is 2.35. The smallest absolute Gasteiger partial charge is 0.335 e. The van der Waals surface area contributed by atoms with Crippen LogP contribution in [0, 0.1) is 5.92 Å². The number of rotatable bonds is 6. The molecule has 1 aromatic carbocycles. The largest absolute Gasteiger partial charge is 0.478 e. The third-order valence-corrected chi connectivity index (χ3v) is 5.37. The highest BCUT2D eigenvalue weighted by atomic mass is 32.2. The monoisotopic (exact) mass is 348 g/mol. The summed E-state index contributed by atoms with van der Waals surface area (Å²) in [5.41, 5.74) is 0.608. The predicted octanol–water partition coefficient (Wildman–Crippen LogP) is 1.35. The fourth-order valence-corrected chi connectivity index (χ4v) is 3.92. The van der Waals surface area contributed by atoms with E-state index in [0.717, 1.165) is 12.8 Å². The molecule has 2 aliphatic rings. The van der Waals surface area contributed by atoms with E-state index in [4.69, 9.17) is 0 Å². The molecule has 24 heavy (non-hydrogen) atoms. The van der Waals surface area contributed by atoms with Gasteiger partial charge in [0.25, 0.3) is 0 Å². The van der Waals surface area contributed by atoms with Crippen LogP contribution < -0.4 is 5.32 Å². The zero-order valence-corrected chi connectivity index (χ0v) is 14.1. The van der Waals surface area contributed by atoms with Gasteiger partial charge < -0.3 is 15.3 Å². The van der Waals surface area contributed by atoms with Gasteiger partial charge in [-0.05, 0) is 30.4 Å². The van der Waals surface area contributed by atoms with Crippen molar-refractivity contribution in [2.24, 2.45) is 5.92 Å². The lowest BCUT2D eigenvalue weighted by Gasteiger charge is -2.23. The van der Waals surface area contributed by atoms with Crippen molar-refractivity contribution in [2.75, 3.05) is 18.2 Å². The summed E-state index contributed by atoms with van der Waals surface area (Å²) in [6.07, 6.45) is 2.32. The van der Waals surface area contributed by atoms with Crippen molar-refractivity contribution in [1.29, 1.82) is 0 Å². The third-order valence-electron chi connectivity index (χ3n) is 4.36. The van der Waals surface area contributed by atoms with E-state index in [1.165, 1.54) is 6.07 Å². The first-order valence-electron chi connectivity index (χ1n) is 8.02. The second-order valence-corrected chi connectivity index (χ2v) is 7.21. The Morgan fingerprint density at radius 1 is 1.25 bits per heavy atom. The van der Waals surface area contributed by atoms with Gasteiger partial charge in [-0.3, -0.25) is 9.59 Å². The fraction of sp³-hybridized carbons (Fsp3) is 0.471. The summed E-state index contributed by atoms with van der Waals surface area (Å²) < 4.78 is 0. The minimum Gasteiger partial charge on any atom is -0.478 e. The molecule has 2 N–H and O–H groups in total. The van der Waals surface area contributed by atoms with Crippen molar-refractivity contribution in [2.45, 2.75) is 25.3 Å². The Labute approximate surface area is 144 Å². The van der Waals surface area contributed by atoms with Gasteiger partial charge in [-0.2, -0.15) is 0 Å². The maximum atomic E-state index is 12.6. The van der Waals surface area contributed by atoms with E-state index in [-0.39, 0.29) is 23.8 Å². The van der Waals surface area contributed by atoms with Crippen molar-refractivity contribution >= 4 is 29.5 Å². The molecule has 128 valence electrons. The normalized spacial score (nSPS) is 20.0. The summed E-state index contributed by atoms with van der Waals surface area (Å²) in [6.45, 7) is 0.684. The van der Waals surface area contributed by atoms with Crippen LogP contribution in [0.2, 0.25) is 0 Å². The lowest BCUT2D eigenvalue weighted by molar-refractivity contribution is -0.137. The molecule has 7 heteroatoms. The van der Waals surface area contributed by atoms with E-state index < -0.39 is 12.0 Å². The lowest BCUT2D eigenvalue weighted by atomic mass is 10.0. The van der Waals surface area contributed by atoms with Crippen LogP contribution in [0.5, 0.6) is 0 Å². The zero-order valence-electron chi connectivity index (χ0n) is 13.2. The average molecular weight is 348 g/mol. The number of amides is 2. The van der Waals surface area contributed by atoms with Gasteiger partial charge in [0.2, 0.25) is 11.8 Å². The van der Waals surface area contributed by atoms with Crippen molar-refractivity contribution in [1.82, 2.24) is 10.2 Å². The standard InChI is InChI=1S/C17H20N2O4S/c20-15(7-12-3-1-2-4-13(12)17(22)23)19-10-24-9-14(19)16(21)18-8-11-5-6-11/h1-4,11,14H,5-10H2,(H,18,21)(H,22,23). The number of benzene rings is 1. The number of carbonyl (C=O) groups excluding carboxylic acids is 2. The van der Waals surface area contributed by atoms with Crippen LogP contribution in [0.25, 0.3) is 0 Å². The Hall–Kier alpha value is -2.02. The molecule has 3 rings (SSSR count). The number of nitrogens with one attached hydrogen (secondary N) is 1. The number of hydrogen-bond donors (Lipinski definition) is 2. The number of aromatic carboxylic acids is 1. The van der Waals surface area contributed by atoms with Gasteiger partial charge in [0.05, 0.1) is 17.9 Å². The molecule has 1 heterocycles. The number of thioether (sulfide) groups is 1. The number of carboxylic acids is 1. The first-order chi connectivity index (χ1) is 11.6. The van der Waals surface area contributed by atoms with Crippen LogP contribution in [0.4, 0.5) is 0 Å². The molecule has 0 aromatic heterocycles. The molecule has 1 aromatic rings. The van der Waals surface area contributed by atoms with Gasteiger partial charge in [0.15, 0.2) is 0 Å². The first-order valence-corrected chi connectivity index (χ1v) is 9.18.